The van der Waals surface area contributed by atoms with Gasteiger partial charge in [-0.1, -0.05) is 0 Å². The van der Waals surface area contributed by atoms with Crippen molar-refractivity contribution >= 4 is 5.82 Å². The van der Waals surface area contributed by atoms with E-state index < -0.39 is 6.10 Å². The smallest absolute Gasteiger partial charge is 0.252 e. The molecule has 14 heavy (non-hydrogen) atoms. The van der Waals surface area contributed by atoms with E-state index >= 15 is 0 Å². The van der Waals surface area contributed by atoms with E-state index in [1.54, 1.807) is 6.92 Å². The van der Waals surface area contributed by atoms with Crippen LogP contribution in [-0.4, -0.2) is 34.3 Å². The second-order valence-electron chi connectivity index (χ2n) is 2.99. The van der Waals surface area contributed by atoms with Crippen LogP contribution in [0.1, 0.15) is 5.82 Å². The number of aromatic amines is 1. The largest absolute Gasteiger partial charge is 0.390 e. The van der Waals surface area contributed by atoms with E-state index in [0.717, 1.165) is 0 Å². The third-order valence-corrected chi connectivity index (χ3v) is 1.65. The van der Waals surface area contributed by atoms with Gasteiger partial charge in [-0.2, -0.15) is 0 Å². The number of aromatic nitrogens is 2. The maximum atomic E-state index is 11.0. The van der Waals surface area contributed by atoms with Crippen LogP contribution < -0.4 is 16.6 Å². The summed E-state index contributed by atoms with van der Waals surface area (Å²) in [5, 5.41) is 12.0. The predicted molar refractivity (Wildman–Crippen MR) is 53.1 cm³/mol. The van der Waals surface area contributed by atoms with Gasteiger partial charge in [-0.25, -0.2) is 4.98 Å². The minimum absolute atomic E-state index is 0.176. The molecule has 0 aliphatic rings. The molecule has 1 aromatic rings. The number of hydrogen-bond acceptors (Lipinski definition) is 5. The molecule has 0 saturated carbocycles. The summed E-state index contributed by atoms with van der Waals surface area (Å²) in [6, 6.07) is 1.33. The van der Waals surface area contributed by atoms with Crippen LogP contribution in [0.2, 0.25) is 0 Å². The van der Waals surface area contributed by atoms with E-state index in [1.165, 1.54) is 6.07 Å². The molecule has 1 rings (SSSR count). The number of nitrogens with one attached hydrogen (secondary N) is 2. The Morgan fingerprint density at radius 1 is 1.79 bits per heavy atom. The molecule has 0 bridgehead atoms. The number of hydrogen-bond donors (Lipinski definition) is 4. The molecular formula is C8H14N4O2. The molecule has 1 unspecified atom stereocenters. The highest BCUT2D eigenvalue weighted by Gasteiger charge is 2.02. The third-order valence-electron chi connectivity index (χ3n) is 1.65. The summed E-state index contributed by atoms with van der Waals surface area (Å²) in [6.45, 7) is 2.15. The van der Waals surface area contributed by atoms with Gasteiger partial charge in [-0.05, 0) is 6.92 Å². The second kappa shape index (κ2) is 4.73. The van der Waals surface area contributed by atoms with Crippen molar-refractivity contribution < 1.29 is 5.11 Å². The number of aliphatic hydroxyl groups is 1. The molecule has 6 nitrogen and oxygen atoms in total. The van der Waals surface area contributed by atoms with Crippen LogP contribution in [0.15, 0.2) is 10.9 Å². The van der Waals surface area contributed by atoms with Crippen molar-refractivity contribution in [1.29, 1.82) is 0 Å². The molecule has 0 aromatic carbocycles. The van der Waals surface area contributed by atoms with Crippen molar-refractivity contribution in [2.45, 2.75) is 13.0 Å². The zero-order valence-electron chi connectivity index (χ0n) is 7.95. The number of rotatable bonds is 4. The van der Waals surface area contributed by atoms with Crippen molar-refractivity contribution in [3.8, 4) is 0 Å². The maximum Gasteiger partial charge on any atom is 0.252 e. The van der Waals surface area contributed by atoms with Crippen molar-refractivity contribution in [3.05, 3.63) is 22.2 Å². The van der Waals surface area contributed by atoms with E-state index in [-0.39, 0.29) is 18.6 Å². The number of anilines is 1. The molecule has 0 aliphatic heterocycles. The highest BCUT2D eigenvalue weighted by molar-refractivity contribution is 5.32. The Labute approximate surface area is 81.2 Å². The lowest BCUT2D eigenvalue weighted by Crippen LogP contribution is -2.28. The van der Waals surface area contributed by atoms with Crippen LogP contribution in [0.4, 0.5) is 5.82 Å². The average Bonchev–Trinajstić information content (AvgIpc) is 2.12. The van der Waals surface area contributed by atoms with Gasteiger partial charge >= 0.3 is 0 Å². The summed E-state index contributed by atoms with van der Waals surface area (Å²) in [7, 11) is 0. The zero-order valence-corrected chi connectivity index (χ0v) is 7.95. The lowest BCUT2D eigenvalue weighted by atomic mass is 10.3. The standard InChI is InChI=1S/C8H14N4O2/c1-5-11-7(2-8(14)12-5)10-4-6(13)3-9/h2,6,13H,3-4,9H2,1H3,(H2,10,11,12,14). The summed E-state index contributed by atoms with van der Waals surface area (Å²) in [5.41, 5.74) is 5.00. The predicted octanol–water partition coefficient (Wildman–Crippen LogP) is -1.19. The molecular weight excluding hydrogens is 184 g/mol. The normalized spacial score (nSPS) is 12.5. The lowest BCUT2D eigenvalue weighted by Gasteiger charge is -2.09. The molecule has 1 heterocycles. The second-order valence-corrected chi connectivity index (χ2v) is 2.99. The minimum Gasteiger partial charge on any atom is -0.390 e. The number of aliphatic hydroxyl groups excluding tert-OH is 1. The first-order valence-corrected chi connectivity index (χ1v) is 4.32. The summed E-state index contributed by atoms with van der Waals surface area (Å²) in [4.78, 5) is 17.5. The van der Waals surface area contributed by atoms with Gasteiger partial charge in [0.05, 0.1) is 6.10 Å². The Morgan fingerprint density at radius 2 is 2.50 bits per heavy atom. The van der Waals surface area contributed by atoms with Gasteiger partial charge in [0.1, 0.15) is 11.6 Å². The van der Waals surface area contributed by atoms with Gasteiger partial charge < -0.3 is 21.1 Å². The van der Waals surface area contributed by atoms with Gasteiger partial charge in [-0.15, -0.1) is 0 Å². The fraction of sp³-hybridized carbons (Fsp3) is 0.500. The monoisotopic (exact) mass is 198 g/mol. The summed E-state index contributed by atoms with van der Waals surface area (Å²) in [5.74, 6) is 0.973. The van der Waals surface area contributed by atoms with Gasteiger partial charge in [0.15, 0.2) is 0 Å². The Balaban J connectivity index is 2.63. The van der Waals surface area contributed by atoms with E-state index in [0.29, 0.717) is 11.6 Å². The van der Waals surface area contributed by atoms with Crippen LogP contribution in [0.3, 0.4) is 0 Å². The summed E-state index contributed by atoms with van der Waals surface area (Å²) < 4.78 is 0. The quantitative estimate of drug-likeness (QED) is 0.487. The molecule has 78 valence electrons. The van der Waals surface area contributed by atoms with Crippen LogP contribution in [-0.2, 0) is 0 Å². The first-order valence-electron chi connectivity index (χ1n) is 4.32. The fourth-order valence-corrected chi connectivity index (χ4v) is 0.976. The van der Waals surface area contributed by atoms with Gasteiger partial charge in [0.25, 0.3) is 5.56 Å². The molecule has 0 aliphatic carbocycles. The number of H-pyrrole nitrogens is 1. The number of aryl methyl sites for hydroxylation is 1. The van der Waals surface area contributed by atoms with Crippen molar-refractivity contribution in [2.24, 2.45) is 5.73 Å². The Morgan fingerprint density at radius 3 is 3.07 bits per heavy atom. The average molecular weight is 198 g/mol. The molecule has 0 fully saturated rings. The Kier molecular flexibility index (Phi) is 3.61. The van der Waals surface area contributed by atoms with E-state index in [9.17, 15) is 4.79 Å². The molecule has 0 saturated heterocycles. The van der Waals surface area contributed by atoms with Crippen LogP contribution in [0, 0.1) is 6.92 Å². The molecule has 6 heteroatoms. The maximum absolute atomic E-state index is 11.0. The van der Waals surface area contributed by atoms with Gasteiger partial charge in [-0.3, -0.25) is 4.79 Å². The van der Waals surface area contributed by atoms with Crippen LogP contribution in [0.25, 0.3) is 0 Å². The van der Waals surface area contributed by atoms with Crippen LogP contribution in [0.5, 0.6) is 0 Å². The van der Waals surface area contributed by atoms with E-state index in [2.05, 4.69) is 15.3 Å². The number of nitrogens with zero attached hydrogens (tertiary/aromatic N) is 1. The van der Waals surface area contributed by atoms with Gasteiger partial charge in [0.2, 0.25) is 0 Å². The number of nitrogens with two attached hydrogens (primary N) is 1. The molecule has 1 atom stereocenters. The molecule has 0 spiro atoms. The topological polar surface area (TPSA) is 104 Å². The summed E-state index contributed by atoms with van der Waals surface area (Å²) >= 11 is 0. The molecule has 5 N–H and O–H groups in total. The molecule has 1 aromatic heterocycles. The van der Waals surface area contributed by atoms with Crippen molar-refractivity contribution in [2.75, 3.05) is 18.4 Å². The van der Waals surface area contributed by atoms with E-state index in [1.807, 2.05) is 0 Å². The first-order chi connectivity index (χ1) is 6.61. The Hall–Kier alpha value is -1.40. The minimum atomic E-state index is -0.628. The highest BCUT2D eigenvalue weighted by atomic mass is 16.3. The summed E-state index contributed by atoms with van der Waals surface area (Å²) in [6.07, 6.45) is -0.628. The first kappa shape index (κ1) is 10.7. The van der Waals surface area contributed by atoms with Crippen molar-refractivity contribution in [1.82, 2.24) is 9.97 Å². The molecule has 0 radical (unpaired) electrons. The van der Waals surface area contributed by atoms with E-state index in [4.69, 9.17) is 10.8 Å². The van der Waals surface area contributed by atoms with Crippen LogP contribution >= 0.6 is 0 Å². The van der Waals surface area contributed by atoms with Crippen molar-refractivity contribution in [3.63, 3.8) is 0 Å². The van der Waals surface area contributed by atoms with Gasteiger partial charge in [0, 0.05) is 19.2 Å². The third kappa shape index (κ3) is 3.15. The SMILES string of the molecule is Cc1nc(NCC(O)CN)cc(=O)[nH]1. The fourth-order valence-electron chi connectivity index (χ4n) is 0.976. The molecule has 0 amide bonds. The zero-order chi connectivity index (χ0) is 10.6. The highest BCUT2D eigenvalue weighted by Crippen LogP contribution is 1.97. The Bertz CT molecular complexity index is 349. The lowest BCUT2D eigenvalue weighted by molar-refractivity contribution is 0.196.